The van der Waals surface area contributed by atoms with Crippen molar-refractivity contribution >= 4 is 34.6 Å². The number of hydrogen-bond donors (Lipinski definition) is 0. The van der Waals surface area contributed by atoms with Crippen LogP contribution in [0.15, 0.2) is 158 Å². The first kappa shape index (κ1) is 28.4. The molecular weight excluding hydrogens is 540 g/mol. The van der Waals surface area contributed by atoms with Gasteiger partial charge in [-0.2, -0.15) is 0 Å². The van der Waals surface area contributed by atoms with Crippen LogP contribution >= 0.6 is 0 Å². The summed E-state index contributed by atoms with van der Waals surface area (Å²) >= 11 is 0. The maximum Gasteiger partial charge on any atom is 0.262 e. The molecule has 6 aromatic carbocycles. The van der Waals surface area contributed by atoms with Gasteiger partial charge >= 0.3 is 0 Å². The summed E-state index contributed by atoms with van der Waals surface area (Å²) in [6.45, 7) is 3.97. The van der Waals surface area contributed by atoms with E-state index >= 15 is 0 Å². The molecule has 0 aromatic heterocycles. The fourth-order valence-electron chi connectivity index (χ4n) is 5.34. The van der Waals surface area contributed by atoms with Gasteiger partial charge in [-0.25, -0.2) is 0 Å². The van der Waals surface area contributed by atoms with Crippen LogP contribution in [0.2, 0.25) is 0 Å². The van der Waals surface area contributed by atoms with Gasteiger partial charge in [0.15, 0.2) is 0 Å². The van der Waals surface area contributed by atoms with E-state index in [0.717, 1.165) is 45.0 Å². The van der Waals surface area contributed by atoms with Gasteiger partial charge in [0.05, 0.1) is 0 Å². The highest BCUT2D eigenvalue weighted by Gasteiger charge is 2.21. The molecule has 0 heterocycles. The Hall–Kier alpha value is -5.74. The molecule has 0 aliphatic heterocycles. The predicted molar refractivity (Wildman–Crippen MR) is 180 cm³/mol. The van der Waals surface area contributed by atoms with Crippen LogP contribution in [0.3, 0.4) is 0 Å². The van der Waals surface area contributed by atoms with Gasteiger partial charge in [-0.15, -0.1) is 0 Å². The smallest absolute Gasteiger partial charge is 0.262 e. The average Bonchev–Trinajstić information content (AvgIpc) is 3.06. The van der Waals surface area contributed by atoms with Crippen LogP contribution in [0, 0.1) is 13.8 Å². The second kappa shape index (κ2) is 12.6. The lowest BCUT2D eigenvalue weighted by atomic mass is 10.0. The molecule has 6 aromatic rings. The average molecular weight is 573 g/mol. The first-order chi connectivity index (χ1) is 21.5. The number of anilines is 4. The van der Waals surface area contributed by atoms with Crippen molar-refractivity contribution in [2.45, 2.75) is 13.8 Å². The first-order valence-electron chi connectivity index (χ1n) is 14.6. The Morgan fingerprint density at radius 1 is 0.386 bits per heavy atom. The van der Waals surface area contributed by atoms with E-state index < -0.39 is 0 Å². The maximum absolute atomic E-state index is 13.7. The highest BCUT2D eigenvalue weighted by molar-refractivity contribution is 6.12. The lowest BCUT2D eigenvalue weighted by Crippen LogP contribution is -2.26. The Morgan fingerprint density at radius 2 is 0.727 bits per heavy atom. The summed E-state index contributed by atoms with van der Waals surface area (Å²) in [6.07, 6.45) is 0. The highest BCUT2D eigenvalue weighted by atomic mass is 16.2. The van der Waals surface area contributed by atoms with Gasteiger partial charge in [0, 0.05) is 33.9 Å². The number of rotatable bonds is 7. The SMILES string of the molecule is Cc1cccc(C(=O)N(c2ccccc2)c2ccc(-c3ccc(N(C(=O)c4cccc(C)c4)c4ccccc4)cc3)cc2)c1. The Kier molecular flexibility index (Phi) is 8.15. The van der Waals surface area contributed by atoms with Gasteiger partial charge in [0.1, 0.15) is 0 Å². The van der Waals surface area contributed by atoms with E-state index in [1.807, 2.05) is 172 Å². The second-order valence-corrected chi connectivity index (χ2v) is 10.8. The molecule has 4 heteroatoms. The maximum atomic E-state index is 13.7. The van der Waals surface area contributed by atoms with E-state index in [4.69, 9.17) is 0 Å². The zero-order chi connectivity index (χ0) is 30.5. The van der Waals surface area contributed by atoms with E-state index in [2.05, 4.69) is 0 Å². The molecule has 0 N–H and O–H groups in total. The number of carbonyl (C=O) groups is 2. The van der Waals surface area contributed by atoms with Gasteiger partial charge in [-0.1, -0.05) is 96.1 Å². The summed E-state index contributed by atoms with van der Waals surface area (Å²) in [5, 5.41) is 0. The molecule has 0 bridgehead atoms. The summed E-state index contributed by atoms with van der Waals surface area (Å²) in [6, 6.07) is 50.7. The Balaban J connectivity index is 1.31. The van der Waals surface area contributed by atoms with E-state index in [-0.39, 0.29) is 11.8 Å². The fraction of sp³-hybridized carbons (Fsp3) is 0.0500. The molecule has 0 spiro atoms. The van der Waals surface area contributed by atoms with E-state index in [1.165, 1.54) is 0 Å². The number of carbonyl (C=O) groups excluding carboxylic acids is 2. The minimum Gasteiger partial charge on any atom is -0.277 e. The zero-order valence-electron chi connectivity index (χ0n) is 24.7. The summed E-state index contributed by atoms with van der Waals surface area (Å²) in [5.41, 5.74) is 8.52. The molecule has 0 aliphatic rings. The molecule has 44 heavy (non-hydrogen) atoms. The molecule has 0 aliphatic carbocycles. The topological polar surface area (TPSA) is 40.6 Å². The predicted octanol–water partition coefficient (Wildman–Crippen LogP) is 9.93. The second-order valence-electron chi connectivity index (χ2n) is 10.8. The van der Waals surface area contributed by atoms with Crippen LogP contribution in [-0.2, 0) is 0 Å². The van der Waals surface area contributed by atoms with E-state index in [0.29, 0.717) is 11.1 Å². The molecule has 0 saturated heterocycles. The van der Waals surface area contributed by atoms with Crippen molar-refractivity contribution in [3.05, 3.63) is 180 Å². The fourth-order valence-corrected chi connectivity index (χ4v) is 5.34. The van der Waals surface area contributed by atoms with Crippen molar-refractivity contribution in [2.75, 3.05) is 9.80 Å². The number of benzene rings is 6. The Bertz CT molecular complexity index is 1760. The third-order valence-electron chi connectivity index (χ3n) is 7.55. The largest absolute Gasteiger partial charge is 0.277 e. The number of aryl methyl sites for hydroxylation is 2. The van der Waals surface area contributed by atoms with Crippen LogP contribution in [-0.4, -0.2) is 11.8 Å². The van der Waals surface area contributed by atoms with Crippen molar-refractivity contribution in [1.29, 1.82) is 0 Å². The third kappa shape index (κ3) is 6.06. The molecule has 6 rings (SSSR count). The van der Waals surface area contributed by atoms with Gasteiger partial charge in [0.25, 0.3) is 11.8 Å². The third-order valence-corrected chi connectivity index (χ3v) is 7.55. The van der Waals surface area contributed by atoms with Crippen LogP contribution in [0.5, 0.6) is 0 Å². The van der Waals surface area contributed by atoms with Crippen LogP contribution in [0.1, 0.15) is 31.8 Å². The van der Waals surface area contributed by atoms with Crippen LogP contribution in [0.4, 0.5) is 22.7 Å². The quantitative estimate of drug-likeness (QED) is 0.191. The molecule has 0 radical (unpaired) electrons. The van der Waals surface area contributed by atoms with Gasteiger partial charge in [-0.05, 0) is 97.8 Å². The molecule has 0 unspecified atom stereocenters. The van der Waals surface area contributed by atoms with Crippen LogP contribution < -0.4 is 9.80 Å². The lowest BCUT2D eigenvalue weighted by molar-refractivity contribution is 0.0991. The normalized spacial score (nSPS) is 10.7. The summed E-state index contributed by atoms with van der Waals surface area (Å²) in [5.74, 6) is -0.174. The van der Waals surface area contributed by atoms with Gasteiger partial charge in [-0.3, -0.25) is 19.4 Å². The first-order valence-corrected chi connectivity index (χ1v) is 14.6. The van der Waals surface area contributed by atoms with Crippen molar-refractivity contribution < 1.29 is 9.59 Å². The molecule has 0 saturated carbocycles. The Labute approximate surface area is 258 Å². The summed E-state index contributed by atoms with van der Waals surface area (Å²) in [4.78, 5) is 31.0. The highest BCUT2D eigenvalue weighted by Crippen LogP contribution is 2.33. The molecule has 214 valence electrons. The number of para-hydroxylation sites is 2. The standard InChI is InChI=1S/C40H32N2O2/c1-29-11-9-13-33(27-29)39(43)41(35-15-5-3-6-16-35)37-23-19-31(20-24-37)32-21-25-38(26-22-32)42(36-17-7-4-8-18-36)40(44)34-14-10-12-30(2)28-34/h3-28H,1-2H3. The van der Waals surface area contributed by atoms with Crippen molar-refractivity contribution in [2.24, 2.45) is 0 Å². The van der Waals surface area contributed by atoms with Crippen molar-refractivity contribution in [3.63, 3.8) is 0 Å². The zero-order valence-corrected chi connectivity index (χ0v) is 24.7. The van der Waals surface area contributed by atoms with Crippen molar-refractivity contribution in [3.8, 4) is 11.1 Å². The van der Waals surface area contributed by atoms with Gasteiger partial charge in [0.2, 0.25) is 0 Å². The summed E-state index contributed by atoms with van der Waals surface area (Å²) < 4.78 is 0. The molecule has 0 atom stereocenters. The van der Waals surface area contributed by atoms with Gasteiger partial charge < -0.3 is 0 Å². The summed E-state index contributed by atoms with van der Waals surface area (Å²) in [7, 11) is 0. The number of nitrogens with zero attached hydrogens (tertiary/aromatic N) is 2. The van der Waals surface area contributed by atoms with Crippen molar-refractivity contribution in [1.82, 2.24) is 0 Å². The minimum atomic E-state index is -0.0868. The Morgan fingerprint density at radius 3 is 1.07 bits per heavy atom. The number of amides is 2. The van der Waals surface area contributed by atoms with E-state index in [9.17, 15) is 9.59 Å². The number of hydrogen-bond acceptors (Lipinski definition) is 2. The molecular formula is C40H32N2O2. The van der Waals surface area contributed by atoms with Crippen LogP contribution in [0.25, 0.3) is 11.1 Å². The molecule has 2 amide bonds. The molecule has 4 nitrogen and oxygen atoms in total. The molecule has 0 fully saturated rings. The lowest BCUT2D eigenvalue weighted by Gasteiger charge is -2.24. The van der Waals surface area contributed by atoms with E-state index in [1.54, 1.807) is 9.80 Å². The monoisotopic (exact) mass is 572 g/mol. The minimum absolute atomic E-state index is 0.0868.